The highest BCUT2D eigenvalue weighted by atomic mass is 16.6. The third kappa shape index (κ3) is 59.9. The van der Waals surface area contributed by atoms with Crippen molar-refractivity contribution in [2.24, 2.45) is 0 Å². The van der Waals surface area contributed by atoms with Gasteiger partial charge in [-0.25, -0.2) is 0 Å². The summed E-state index contributed by atoms with van der Waals surface area (Å²) >= 11 is 0. The van der Waals surface area contributed by atoms with Crippen molar-refractivity contribution in [3.63, 3.8) is 0 Å². The van der Waals surface area contributed by atoms with Gasteiger partial charge >= 0.3 is 17.9 Å². The van der Waals surface area contributed by atoms with Gasteiger partial charge in [0.1, 0.15) is 13.2 Å². The maximum absolute atomic E-state index is 12.9. The molecule has 76 heavy (non-hydrogen) atoms. The van der Waals surface area contributed by atoms with Crippen molar-refractivity contribution in [2.75, 3.05) is 13.2 Å². The highest BCUT2D eigenvalue weighted by Gasteiger charge is 2.19. The van der Waals surface area contributed by atoms with E-state index in [0.29, 0.717) is 12.8 Å². The lowest BCUT2D eigenvalue weighted by Gasteiger charge is -2.18. The molecule has 6 nitrogen and oxygen atoms in total. The summed E-state index contributed by atoms with van der Waals surface area (Å²) in [5, 5.41) is 0. The first kappa shape index (κ1) is 71.0. The van der Waals surface area contributed by atoms with Crippen LogP contribution in [0, 0.1) is 0 Å². The minimum absolute atomic E-state index is 0.107. The lowest BCUT2D eigenvalue weighted by atomic mass is 10.1. The zero-order valence-electron chi connectivity index (χ0n) is 48.7. The van der Waals surface area contributed by atoms with Gasteiger partial charge in [-0.1, -0.05) is 237 Å². The van der Waals surface area contributed by atoms with E-state index in [0.717, 1.165) is 173 Å². The molecule has 0 radical (unpaired) electrons. The number of carbonyl (C=O) groups is 3. The number of carbonyl (C=O) groups excluding carboxylic acids is 3. The van der Waals surface area contributed by atoms with Gasteiger partial charge in [-0.2, -0.15) is 0 Å². The number of hydrogen-bond donors (Lipinski definition) is 0. The first-order chi connectivity index (χ1) is 37.5. The lowest BCUT2D eigenvalue weighted by Crippen LogP contribution is -2.30. The van der Waals surface area contributed by atoms with E-state index < -0.39 is 6.10 Å². The van der Waals surface area contributed by atoms with Gasteiger partial charge in [0.2, 0.25) is 0 Å². The van der Waals surface area contributed by atoms with Crippen molar-refractivity contribution < 1.29 is 28.6 Å². The summed E-state index contributed by atoms with van der Waals surface area (Å²) in [6, 6.07) is 0. The molecular formula is C70H110O6. The molecule has 0 spiro atoms. The zero-order valence-corrected chi connectivity index (χ0v) is 48.7. The Labute approximate surface area is 467 Å². The van der Waals surface area contributed by atoms with Gasteiger partial charge < -0.3 is 14.2 Å². The maximum atomic E-state index is 12.9. The first-order valence-corrected chi connectivity index (χ1v) is 30.5. The smallest absolute Gasteiger partial charge is 0.306 e. The Bertz CT molecular complexity index is 1720. The van der Waals surface area contributed by atoms with E-state index in [4.69, 9.17) is 14.2 Å². The standard InChI is InChI=1S/C70H110O6/c1-4-7-10-13-16-19-22-25-27-29-30-31-32-33-34-35-36-37-38-39-40-42-43-45-48-51-54-57-60-63-69(72)75-66-67(65-74-68(71)62-59-56-53-50-47-24-21-18-15-12-9-6-3)76-70(73)64-61-58-55-52-49-46-44-41-28-26-23-20-17-14-11-8-5-2/h7-8,10-11,16-21,25-28,30-31,33-34,36-37,39-40,43-46,67H,4-6,9,12-15,22-24,29,32,35,38,41-42,47-66H2,1-3H3/b10-7-,11-8-,19-16-,20-17-,21-18-,27-25-,28-26-,31-30-,34-33-,37-36-,40-39-,45-43-,46-44-. The monoisotopic (exact) mass is 1050 g/mol. The predicted octanol–water partition coefficient (Wildman–Crippen LogP) is 20.9. The van der Waals surface area contributed by atoms with Crippen LogP contribution in [0.4, 0.5) is 0 Å². The summed E-state index contributed by atoms with van der Waals surface area (Å²) in [6.45, 7) is 6.32. The Morgan fingerprint density at radius 1 is 0.276 bits per heavy atom. The summed E-state index contributed by atoms with van der Waals surface area (Å²) in [4.78, 5) is 38.2. The van der Waals surface area contributed by atoms with E-state index >= 15 is 0 Å². The van der Waals surface area contributed by atoms with Crippen LogP contribution < -0.4 is 0 Å². The summed E-state index contributed by atoms with van der Waals surface area (Å²) in [5.41, 5.74) is 0. The summed E-state index contributed by atoms with van der Waals surface area (Å²) in [6.07, 6.45) is 91.0. The molecule has 0 rings (SSSR count). The van der Waals surface area contributed by atoms with Crippen LogP contribution in [-0.4, -0.2) is 37.2 Å². The second-order valence-corrected chi connectivity index (χ2v) is 19.5. The minimum atomic E-state index is -0.813. The normalized spacial score (nSPS) is 13.2. The number of ether oxygens (including phenoxy) is 3. The zero-order chi connectivity index (χ0) is 55.0. The van der Waals surface area contributed by atoms with Crippen molar-refractivity contribution in [3.8, 4) is 0 Å². The predicted molar refractivity (Wildman–Crippen MR) is 329 cm³/mol. The van der Waals surface area contributed by atoms with Crippen LogP contribution in [0.5, 0.6) is 0 Å². The Kier molecular flexibility index (Phi) is 58.5. The van der Waals surface area contributed by atoms with Crippen LogP contribution >= 0.6 is 0 Å². The fourth-order valence-corrected chi connectivity index (χ4v) is 7.74. The average Bonchev–Trinajstić information content (AvgIpc) is 3.42. The summed E-state index contributed by atoms with van der Waals surface area (Å²) < 4.78 is 16.8. The third-order valence-electron chi connectivity index (χ3n) is 12.2. The molecule has 0 aliphatic rings. The Morgan fingerprint density at radius 2 is 0.513 bits per heavy atom. The quantitative estimate of drug-likeness (QED) is 0.0261. The fraction of sp³-hybridized carbons (Fsp3) is 0.586. The molecule has 1 atom stereocenters. The maximum Gasteiger partial charge on any atom is 0.306 e. The van der Waals surface area contributed by atoms with Crippen LogP contribution in [-0.2, 0) is 28.6 Å². The van der Waals surface area contributed by atoms with Gasteiger partial charge in [0.25, 0.3) is 0 Å². The molecule has 0 aliphatic carbocycles. The van der Waals surface area contributed by atoms with Crippen LogP contribution in [0.15, 0.2) is 158 Å². The van der Waals surface area contributed by atoms with Gasteiger partial charge in [0.15, 0.2) is 6.10 Å². The SMILES string of the molecule is CC/C=C\C/C=C\C/C=C\C/C=C\C/C=C\C/C=C\C/C=C\C/C=C\CCCCCCC(=O)OCC(COC(=O)CCCCCCC/C=C\CCCCC)OC(=O)CCCCCC/C=C\C/C=C\C/C=C\C/C=C\CC. The second-order valence-electron chi connectivity index (χ2n) is 19.5. The molecule has 0 amide bonds. The van der Waals surface area contributed by atoms with E-state index in [1.807, 2.05) is 0 Å². The molecule has 0 aromatic heterocycles. The highest BCUT2D eigenvalue weighted by molar-refractivity contribution is 5.71. The average molecular weight is 1050 g/mol. The Balaban J connectivity index is 4.43. The summed E-state index contributed by atoms with van der Waals surface area (Å²) in [7, 11) is 0. The number of rotatable bonds is 53. The molecule has 1 unspecified atom stereocenters. The Hall–Kier alpha value is -4.97. The fourth-order valence-electron chi connectivity index (χ4n) is 7.74. The molecule has 0 aromatic rings. The second kappa shape index (κ2) is 62.6. The van der Waals surface area contributed by atoms with E-state index in [1.54, 1.807) is 0 Å². The molecule has 0 bridgehead atoms. The molecular weight excluding hydrogens is 937 g/mol. The van der Waals surface area contributed by atoms with E-state index in [2.05, 4.69) is 179 Å². The van der Waals surface area contributed by atoms with E-state index in [1.165, 1.54) is 32.1 Å². The van der Waals surface area contributed by atoms with Gasteiger partial charge in [0, 0.05) is 19.3 Å². The molecule has 0 heterocycles. The minimum Gasteiger partial charge on any atom is -0.462 e. The third-order valence-corrected chi connectivity index (χ3v) is 12.2. The molecule has 0 fully saturated rings. The van der Waals surface area contributed by atoms with Gasteiger partial charge in [0.05, 0.1) is 0 Å². The first-order valence-electron chi connectivity index (χ1n) is 30.5. The molecule has 426 valence electrons. The molecule has 0 saturated heterocycles. The van der Waals surface area contributed by atoms with Crippen molar-refractivity contribution in [3.05, 3.63) is 158 Å². The highest BCUT2D eigenvalue weighted by Crippen LogP contribution is 2.13. The molecule has 0 N–H and O–H groups in total. The van der Waals surface area contributed by atoms with Crippen molar-refractivity contribution in [1.82, 2.24) is 0 Å². The largest absolute Gasteiger partial charge is 0.462 e. The Morgan fingerprint density at radius 3 is 0.816 bits per heavy atom. The number of unbranched alkanes of at least 4 members (excludes halogenated alkanes) is 16. The molecule has 0 saturated carbocycles. The number of hydrogen-bond acceptors (Lipinski definition) is 6. The van der Waals surface area contributed by atoms with Crippen LogP contribution in [0.3, 0.4) is 0 Å². The van der Waals surface area contributed by atoms with Crippen molar-refractivity contribution in [1.29, 1.82) is 0 Å². The van der Waals surface area contributed by atoms with Crippen molar-refractivity contribution in [2.45, 2.75) is 252 Å². The van der Waals surface area contributed by atoms with Crippen molar-refractivity contribution >= 4 is 17.9 Å². The molecule has 0 aromatic carbocycles. The number of esters is 3. The molecule has 6 heteroatoms. The van der Waals surface area contributed by atoms with Crippen LogP contribution in [0.25, 0.3) is 0 Å². The summed E-state index contributed by atoms with van der Waals surface area (Å²) in [5.74, 6) is -0.972. The lowest BCUT2D eigenvalue weighted by molar-refractivity contribution is -0.167. The topological polar surface area (TPSA) is 78.9 Å². The van der Waals surface area contributed by atoms with E-state index in [-0.39, 0.29) is 37.5 Å². The van der Waals surface area contributed by atoms with E-state index in [9.17, 15) is 14.4 Å². The molecule has 0 aliphatic heterocycles. The van der Waals surface area contributed by atoms with Crippen LogP contribution in [0.1, 0.15) is 245 Å². The number of allylic oxidation sites excluding steroid dienone is 26. The van der Waals surface area contributed by atoms with Gasteiger partial charge in [-0.05, 0) is 148 Å². The van der Waals surface area contributed by atoms with Crippen LogP contribution in [0.2, 0.25) is 0 Å². The van der Waals surface area contributed by atoms with Gasteiger partial charge in [-0.3, -0.25) is 14.4 Å². The van der Waals surface area contributed by atoms with Gasteiger partial charge in [-0.15, -0.1) is 0 Å².